The van der Waals surface area contributed by atoms with E-state index in [2.05, 4.69) is 20.6 Å². The van der Waals surface area contributed by atoms with Gasteiger partial charge in [-0.15, -0.1) is 11.3 Å². The predicted octanol–water partition coefficient (Wildman–Crippen LogP) is 0.823. The summed E-state index contributed by atoms with van der Waals surface area (Å²) in [5.41, 5.74) is 0.871. The fourth-order valence-corrected chi connectivity index (χ4v) is 2.77. The Balaban J connectivity index is 1.73. The molecule has 0 aliphatic carbocycles. The normalized spacial score (nSPS) is 17.8. The zero-order valence-corrected chi connectivity index (χ0v) is 11.3. The number of amides is 2. The minimum Gasteiger partial charge on any atom is -0.354 e. The highest BCUT2D eigenvalue weighted by atomic mass is 32.1. The lowest BCUT2D eigenvalue weighted by molar-refractivity contribution is -0.120. The van der Waals surface area contributed by atoms with E-state index < -0.39 is 6.04 Å². The topological polar surface area (TPSA) is 84.0 Å². The van der Waals surface area contributed by atoms with Gasteiger partial charge >= 0.3 is 0 Å². The Labute approximate surface area is 119 Å². The van der Waals surface area contributed by atoms with Gasteiger partial charge in [-0.25, -0.2) is 4.98 Å². The predicted molar refractivity (Wildman–Crippen MR) is 74.2 cm³/mol. The summed E-state index contributed by atoms with van der Waals surface area (Å²) in [6.45, 7) is 0.605. The third-order valence-electron chi connectivity index (χ3n) is 2.99. The van der Waals surface area contributed by atoms with Crippen LogP contribution in [0.25, 0.3) is 10.6 Å². The molecule has 2 aromatic rings. The van der Waals surface area contributed by atoms with Gasteiger partial charge in [0.15, 0.2) is 0 Å². The van der Waals surface area contributed by atoms with Gasteiger partial charge in [0.25, 0.3) is 5.91 Å². The summed E-state index contributed by atoms with van der Waals surface area (Å²) in [5, 5.41) is 6.13. The Morgan fingerprint density at radius 1 is 1.45 bits per heavy atom. The van der Waals surface area contributed by atoms with Crippen LogP contribution in [0.3, 0.4) is 0 Å². The molecular weight excluding hydrogens is 276 g/mol. The molecule has 0 saturated carbocycles. The lowest BCUT2D eigenvalue weighted by atomic mass is 10.2. The van der Waals surface area contributed by atoms with Crippen LogP contribution in [0, 0.1) is 0 Å². The molecule has 7 heteroatoms. The zero-order chi connectivity index (χ0) is 13.9. The molecule has 0 unspecified atom stereocenters. The molecular formula is C13H12N4O2S. The Morgan fingerprint density at radius 3 is 3.05 bits per heavy atom. The van der Waals surface area contributed by atoms with E-state index in [4.69, 9.17) is 0 Å². The molecule has 0 aromatic carbocycles. The molecule has 20 heavy (non-hydrogen) atoms. The maximum Gasteiger partial charge on any atom is 0.263 e. The first-order valence-corrected chi connectivity index (χ1v) is 7.00. The summed E-state index contributed by atoms with van der Waals surface area (Å²) in [7, 11) is 0. The largest absolute Gasteiger partial charge is 0.354 e. The van der Waals surface area contributed by atoms with Crippen molar-refractivity contribution in [3.8, 4) is 10.6 Å². The minimum absolute atomic E-state index is 0.129. The van der Waals surface area contributed by atoms with Crippen molar-refractivity contribution in [1.29, 1.82) is 0 Å². The lowest BCUT2D eigenvalue weighted by Crippen LogP contribution is -2.39. The molecule has 0 radical (unpaired) electrons. The van der Waals surface area contributed by atoms with Crippen molar-refractivity contribution in [2.75, 3.05) is 6.54 Å². The van der Waals surface area contributed by atoms with Crippen LogP contribution in [0.1, 0.15) is 16.1 Å². The first-order valence-electron chi connectivity index (χ1n) is 6.19. The standard InChI is InChI=1S/C13H12N4O2S/c18-11-9(3-5-15-11)17-12(19)10-7-16-13(20-10)8-2-1-4-14-6-8/h1-2,4,6-7,9H,3,5H2,(H,15,18)(H,17,19)/t9-/m0/s1. The number of thiazole rings is 1. The van der Waals surface area contributed by atoms with Crippen molar-refractivity contribution in [2.45, 2.75) is 12.5 Å². The SMILES string of the molecule is O=C(N[C@H]1CCNC1=O)c1cnc(-c2cccnc2)s1. The maximum absolute atomic E-state index is 12.1. The molecule has 102 valence electrons. The average molecular weight is 288 g/mol. The highest BCUT2D eigenvalue weighted by Crippen LogP contribution is 2.24. The maximum atomic E-state index is 12.1. The van der Waals surface area contributed by atoms with Crippen LogP contribution in [0.4, 0.5) is 0 Å². The van der Waals surface area contributed by atoms with E-state index in [0.29, 0.717) is 17.8 Å². The number of hydrogen-bond acceptors (Lipinski definition) is 5. The third kappa shape index (κ3) is 2.53. The van der Waals surface area contributed by atoms with Gasteiger partial charge in [0.2, 0.25) is 5.91 Å². The summed E-state index contributed by atoms with van der Waals surface area (Å²) >= 11 is 1.28. The second-order valence-electron chi connectivity index (χ2n) is 4.38. The molecule has 1 fully saturated rings. The molecule has 0 bridgehead atoms. The number of carbonyl (C=O) groups excluding carboxylic acids is 2. The molecule has 1 atom stereocenters. The van der Waals surface area contributed by atoms with E-state index in [-0.39, 0.29) is 11.8 Å². The lowest BCUT2D eigenvalue weighted by Gasteiger charge is -2.07. The van der Waals surface area contributed by atoms with Crippen molar-refractivity contribution in [3.63, 3.8) is 0 Å². The number of hydrogen-bond donors (Lipinski definition) is 2. The van der Waals surface area contributed by atoms with Gasteiger partial charge in [-0.2, -0.15) is 0 Å². The van der Waals surface area contributed by atoms with Crippen LogP contribution in [-0.2, 0) is 4.79 Å². The number of aromatic nitrogens is 2. The van der Waals surface area contributed by atoms with Crippen LogP contribution in [0.2, 0.25) is 0 Å². The Morgan fingerprint density at radius 2 is 2.35 bits per heavy atom. The van der Waals surface area contributed by atoms with Crippen molar-refractivity contribution < 1.29 is 9.59 Å². The van der Waals surface area contributed by atoms with E-state index in [0.717, 1.165) is 10.6 Å². The fourth-order valence-electron chi connectivity index (χ4n) is 1.96. The molecule has 3 heterocycles. The van der Waals surface area contributed by atoms with Gasteiger partial charge in [-0.3, -0.25) is 14.6 Å². The molecule has 1 aliphatic heterocycles. The first-order chi connectivity index (χ1) is 9.74. The molecule has 1 aliphatic rings. The number of carbonyl (C=O) groups is 2. The van der Waals surface area contributed by atoms with Gasteiger partial charge in [-0.05, 0) is 18.6 Å². The summed E-state index contributed by atoms with van der Waals surface area (Å²) in [5.74, 6) is -0.393. The molecule has 1 saturated heterocycles. The Kier molecular flexibility index (Phi) is 3.42. The molecule has 2 amide bonds. The molecule has 2 aromatic heterocycles. The molecule has 3 rings (SSSR count). The van der Waals surface area contributed by atoms with E-state index in [9.17, 15) is 9.59 Å². The van der Waals surface area contributed by atoms with Crippen molar-refractivity contribution in [1.82, 2.24) is 20.6 Å². The number of nitrogens with zero attached hydrogens (tertiary/aromatic N) is 2. The van der Waals surface area contributed by atoms with Crippen LogP contribution in [0.5, 0.6) is 0 Å². The van der Waals surface area contributed by atoms with Crippen LogP contribution in [0.15, 0.2) is 30.7 Å². The summed E-state index contributed by atoms with van der Waals surface area (Å²) < 4.78 is 0. The fraction of sp³-hybridized carbons (Fsp3) is 0.231. The first kappa shape index (κ1) is 12.7. The van der Waals surface area contributed by atoms with E-state index >= 15 is 0 Å². The Bertz CT molecular complexity index is 641. The van der Waals surface area contributed by atoms with Crippen molar-refractivity contribution >= 4 is 23.2 Å². The van der Waals surface area contributed by atoms with Gasteiger partial charge in [-0.1, -0.05) is 0 Å². The van der Waals surface area contributed by atoms with Gasteiger partial charge < -0.3 is 10.6 Å². The second kappa shape index (κ2) is 5.38. The van der Waals surface area contributed by atoms with Gasteiger partial charge in [0.05, 0.1) is 6.20 Å². The molecule has 0 spiro atoms. The van der Waals surface area contributed by atoms with E-state index in [1.807, 2.05) is 12.1 Å². The highest BCUT2D eigenvalue weighted by Gasteiger charge is 2.26. The average Bonchev–Trinajstić information content (AvgIpc) is 3.10. The second-order valence-corrected chi connectivity index (χ2v) is 5.41. The van der Waals surface area contributed by atoms with Crippen molar-refractivity contribution in [2.24, 2.45) is 0 Å². The number of rotatable bonds is 3. The van der Waals surface area contributed by atoms with Gasteiger partial charge in [0, 0.05) is 24.5 Å². The monoisotopic (exact) mass is 288 g/mol. The number of pyridine rings is 1. The van der Waals surface area contributed by atoms with E-state index in [1.54, 1.807) is 12.4 Å². The van der Waals surface area contributed by atoms with Crippen LogP contribution >= 0.6 is 11.3 Å². The van der Waals surface area contributed by atoms with Gasteiger partial charge in [0.1, 0.15) is 15.9 Å². The summed E-state index contributed by atoms with van der Waals surface area (Å²) in [6, 6.07) is 3.27. The van der Waals surface area contributed by atoms with Crippen molar-refractivity contribution in [3.05, 3.63) is 35.6 Å². The zero-order valence-electron chi connectivity index (χ0n) is 10.5. The smallest absolute Gasteiger partial charge is 0.263 e. The number of nitrogens with one attached hydrogen (secondary N) is 2. The van der Waals surface area contributed by atoms with E-state index in [1.165, 1.54) is 17.5 Å². The quantitative estimate of drug-likeness (QED) is 0.876. The summed E-state index contributed by atoms with van der Waals surface area (Å²) in [4.78, 5) is 32.2. The third-order valence-corrected chi connectivity index (χ3v) is 4.04. The van der Waals surface area contributed by atoms with Crippen LogP contribution < -0.4 is 10.6 Å². The minimum atomic E-state index is -0.438. The highest BCUT2D eigenvalue weighted by molar-refractivity contribution is 7.16. The summed E-state index contributed by atoms with van der Waals surface area (Å²) in [6.07, 6.45) is 5.53. The van der Waals surface area contributed by atoms with Crippen LogP contribution in [-0.4, -0.2) is 34.4 Å². The molecule has 2 N–H and O–H groups in total. The molecule has 6 nitrogen and oxygen atoms in total. The Hall–Kier alpha value is -2.28.